The van der Waals surface area contributed by atoms with Crippen molar-refractivity contribution in [2.24, 2.45) is 0 Å². The number of amides is 1. The van der Waals surface area contributed by atoms with Crippen molar-refractivity contribution in [3.8, 4) is 0 Å². The maximum atomic E-state index is 11.8. The van der Waals surface area contributed by atoms with Crippen LogP contribution in [0, 0.1) is 0 Å². The van der Waals surface area contributed by atoms with Gasteiger partial charge in [-0.15, -0.1) is 11.6 Å². The third-order valence-corrected chi connectivity index (χ3v) is 3.36. The monoisotopic (exact) mass is 265 g/mol. The summed E-state index contributed by atoms with van der Waals surface area (Å²) in [5, 5.41) is 4.04. The Morgan fingerprint density at radius 3 is 2.59 bits per heavy atom. The van der Waals surface area contributed by atoms with Crippen LogP contribution >= 0.6 is 22.9 Å². The molecule has 2 nitrogen and oxygen atoms in total. The van der Waals surface area contributed by atoms with Gasteiger partial charge in [-0.25, -0.2) is 0 Å². The van der Waals surface area contributed by atoms with Crippen molar-refractivity contribution >= 4 is 34.5 Å². The highest BCUT2D eigenvalue weighted by molar-refractivity contribution is 7.07. The number of para-hydroxylation sites is 1. The van der Waals surface area contributed by atoms with Crippen LogP contribution in [0.3, 0.4) is 0 Å². The smallest absolute Gasteiger partial charge is 0.242 e. The Bertz CT molecular complexity index is 469. The van der Waals surface area contributed by atoms with E-state index in [1.54, 1.807) is 16.2 Å². The van der Waals surface area contributed by atoms with Crippen molar-refractivity contribution in [2.45, 2.75) is 6.54 Å². The molecule has 1 heterocycles. The van der Waals surface area contributed by atoms with E-state index in [1.807, 2.05) is 47.2 Å². The third kappa shape index (κ3) is 3.08. The molecule has 0 spiro atoms. The van der Waals surface area contributed by atoms with Crippen LogP contribution in [0.15, 0.2) is 47.2 Å². The fourth-order valence-electron chi connectivity index (χ4n) is 1.57. The van der Waals surface area contributed by atoms with Crippen LogP contribution in [-0.4, -0.2) is 11.8 Å². The number of hydrogen-bond donors (Lipinski definition) is 0. The fourth-order valence-corrected chi connectivity index (χ4v) is 2.37. The molecule has 0 atom stereocenters. The highest BCUT2D eigenvalue weighted by Crippen LogP contribution is 2.18. The number of alkyl halides is 1. The molecular formula is C13H12ClNOS. The summed E-state index contributed by atoms with van der Waals surface area (Å²) in [6.45, 7) is 0.569. The zero-order chi connectivity index (χ0) is 12.1. The second kappa shape index (κ2) is 5.84. The van der Waals surface area contributed by atoms with Crippen molar-refractivity contribution < 1.29 is 4.79 Å². The van der Waals surface area contributed by atoms with Gasteiger partial charge in [0.2, 0.25) is 5.91 Å². The minimum absolute atomic E-state index is 0.000961. The van der Waals surface area contributed by atoms with E-state index in [0.29, 0.717) is 6.54 Å². The van der Waals surface area contributed by atoms with E-state index in [1.165, 1.54) is 0 Å². The molecule has 88 valence electrons. The largest absolute Gasteiger partial charge is 0.307 e. The SMILES string of the molecule is O=C(CCl)N(Cc1ccsc1)c1ccccc1. The van der Waals surface area contributed by atoms with Gasteiger partial charge in [-0.05, 0) is 34.5 Å². The van der Waals surface area contributed by atoms with Gasteiger partial charge in [-0.2, -0.15) is 11.3 Å². The van der Waals surface area contributed by atoms with E-state index in [9.17, 15) is 4.79 Å². The van der Waals surface area contributed by atoms with Gasteiger partial charge in [0.05, 0.1) is 6.54 Å². The molecule has 1 aromatic carbocycles. The van der Waals surface area contributed by atoms with Gasteiger partial charge in [0.25, 0.3) is 0 Å². The van der Waals surface area contributed by atoms with Crippen LogP contribution in [0.2, 0.25) is 0 Å². The van der Waals surface area contributed by atoms with Crippen LogP contribution in [0.5, 0.6) is 0 Å². The predicted octanol–water partition coefficient (Wildman–Crippen LogP) is 3.52. The molecule has 0 radical (unpaired) electrons. The number of benzene rings is 1. The first-order valence-corrected chi connectivity index (χ1v) is 6.71. The number of nitrogens with zero attached hydrogens (tertiary/aromatic N) is 1. The van der Waals surface area contributed by atoms with Gasteiger partial charge in [-0.3, -0.25) is 4.79 Å². The molecule has 1 aromatic heterocycles. The second-order valence-electron chi connectivity index (χ2n) is 3.58. The summed E-state index contributed by atoms with van der Waals surface area (Å²) in [5.41, 5.74) is 2.00. The molecule has 0 bridgehead atoms. The van der Waals surface area contributed by atoms with Crippen LogP contribution in [-0.2, 0) is 11.3 Å². The molecule has 0 fully saturated rings. The van der Waals surface area contributed by atoms with Gasteiger partial charge in [0, 0.05) is 5.69 Å². The molecule has 0 N–H and O–H groups in total. The van der Waals surface area contributed by atoms with Crippen LogP contribution in [0.4, 0.5) is 5.69 Å². The number of rotatable bonds is 4. The zero-order valence-corrected chi connectivity index (χ0v) is 10.7. The Morgan fingerprint density at radius 2 is 2.00 bits per heavy atom. The van der Waals surface area contributed by atoms with E-state index in [4.69, 9.17) is 11.6 Å². The molecule has 2 aromatic rings. The summed E-state index contributed by atoms with van der Waals surface area (Å²) in [5.74, 6) is -0.0805. The topological polar surface area (TPSA) is 20.3 Å². The predicted molar refractivity (Wildman–Crippen MR) is 72.7 cm³/mol. The second-order valence-corrected chi connectivity index (χ2v) is 4.63. The molecule has 4 heteroatoms. The third-order valence-electron chi connectivity index (χ3n) is 2.40. The highest BCUT2D eigenvalue weighted by atomic mass is 35.5. The number of thiophene rings is 1. The first kappa shape index (κ1) is 12.1. The van der Waals surface area contributed by atoms with Crippen molar-refractivity contribution in [1.29, 1.82) is 0 Å². The quantitative estimate of drug-likeness (QED) is 0.775. The van der Waals surface area contributed by atoms with Crippen molar-refractivity contribution in [1.82, 2.24) is 0 Å². The number of halogens is 1. The molecule has 0 aliphatic carbocycles. The van der Waals surface area contributed by atoms with Crippen LogP contribution in [0.1, 0.15) is 5.56 Å². The Labute approximate surface area is 109 Å². The maximum Gasteiger partial charge on any atom is 0.242 e. The Kier molecular flexibility index (Phi) is 4.18. The minimum Gasteiger partial charge on any atom is -0.307 e. The van der Waals surface area contributed by atoms with Gasteiger partial charge in [0.1, 0.15) is 5.88 Å². The van der Waals surface area contributed by atoms with E-state index < -0.39 is 0 Å². The molecule has 2 rings (SSSR count). The average molecular weight is 266 g/mol. The minimum atomic E-state index is -0.0796. The molecule has 0 aliphatic rings. The van der Waals surface area contributed by atoms with Gasteiger partial charge in [0.15, 0.2) is 0 Å². The molecular weight excluding hydrogens is 254 g/mol. The van der Waals surface area contributed by atoms with E-state index in [2.05, 4.69) is 0 Å². The Hall–Kier alpha value is -1.32. The lowest BCUT2D eigenvalue weighted by atomic mass is 10.2. The first-order valence-electron chi connectivity index (χ1n) is 5.23. The summed E-state index contributed by atoms with van der Waals surface area (Å²) < 4.78 is 0. The normalized spacial score (nSPS) is 10.2. The molecule has 1 amide bonds. The zero-order valence-electron chi connectivity index (χ0n) is 9.17. The molecule has 0 unspecified atom stereocenters. The van der Waals surface area contributed by atoms with Crippen molar-refractivity contribution in [2.75, 3.05) is 10.8 Å². The lowest BCUT2D eigenvalue weighted by molar-refractivity contribution is -0.116. The number of carbonyl (C=O) groups is 1. The summed E-state index contributed by atoms with van der Waals surface area (Å²) in [4.78, 5) is 13.5. The summed E-state index contributed by atoms with van der Waals surface area (Å²) in [7, 11) is 0. The van der Waals surface area contributed by atoms with Crippen molar-refractivity contribution in [3.05, 3.63) is 52.7 Å². The maximum absolute atomic E-state index is 11.8. The summed E-state index contributed by atoms with van der Waals surface area (Å²) in [6, 6.07) is 11.6. The number of anilines is 1. The summed E-state index contributed by atoms with van der Waals surface area (Å²) in [6.07, 6.45) is 0. The van der Waals surface area contributed by atoms with Gasteiger partial charge < -0.3 is 4.90 Å². The van der Waals surface area contributed by atoms with E-state index >= 15 is 0 Å². The van der Waals surface area contributed by atoms with Crippen LogP contribution < -0.4 is 4.90 Å². The first-order chi connectivity index (χ1) is 8.31. The van der Waals surface area contributed by atoms with Gasteiger partial charge >= 0.3 is 0 Å². The summed E-state index contributed by atoms with van der Waals surface area (Å²) >= 11 is 7.27. The Morgan fingerprint density at radius 1 is 1.24 bits per heavy atom. The van der Waals surface area contributed by atoms with Crippen molar-refractivity contribution in [3.63, 3.8) is 0 Å². The molecule has 17 heavy (non-hydrogen) atoms. The molecule has 0 saturated heterocycles. The number of hydrogen-bond acceptors (Lipinski definition) is 2. The lowest BCUT2D eigenvalue weighted by Crippen LogP contribution is -2.31. The van der Waals surface area contributed by atoms with Crippen LogP contribution in [0.25, 0.3) is 0 Å². The molecule has 0 aliphatic heterocycles. The average Bonchev–Trinajstić information content (AvgIpc) is 2.89. The van der Waals surface area contributed by atoms with E-state index in [0.717, 1.165) is 11.3 Å². The van der Waals surface area contributed by atoms with E-state index in [-0.39, 0.29) is 11.8 Å². The standard InChI is InChI=1S/C13H12ClNOS/c14-8-13(16)15(9-11-6-7-17-10-11)12-4-2-1-3-5-12/h1-7,10H,8-9H2. The lowest BCUT2D eigenvalue weighted by Gasteiger charge is -2.21. The highest BCUT2D eigenvalue weighted by Gasteiger charge is 2.14. The van der Waals surface area contributed by atoms with Gasteiger partial charge in [-0.1, -0.05) is 18.2 Å². The Balaban J connectivity index is 2.23. The number of carbonyl (C=O) groups excluding carboxylic acids is 1. The molecule has 0 saturated carbocycles. The fraction of sp³-hybridized carbons (Fsp3) is 0.154.